The zero-order chi connectivity index (χ0) is 19.6. The minimum atomic E-state index is -0.282. The smallest absolute Gasteiger partial charge is 0.317 e. The van der Waals surface area contributed by atoms with Gasteiger partial charge in [0.25, 0.3) is 5.91 Å². The fourth-order valence-electron chi connectivity index (χ4n) is 3.09. The summed E-state index contributed by atoms with van der Waals surface area (Å²) >= 11 is 0. The average Bonchev–Trinajstić information content (AvgIpc) is 2.60. The number of hydrogen-bond donors (Lipinski definition) is 2. The number of carbonyl (C=O) groups is 3. The number of nitrogens with zero attached hydrogens (tertiary/aromatic N) is 2. The number of ether oxygens (including phenoxy) is 1. The monoisotopic (exact) mass is 374 g/mol. The van der Waals surface area contributed by atoms with E-state index in [1.807, 2.05) is 26.8 Å². The van der Waals surface area contributed by atoms with Gasteiger partial charge in [-0.05, 0) is 38.5 Å². The lowest BCUT2D eigenvalue weighted by Gasteiger charge is -2.36. The third kappa shape index (κ3) is 4.90. The molecule has 2 aliphatic heterocycles. The summed E-state index contributed by atoms with van der Waals surface area (Å²) in [7, 11) is 0. The number of nitrogens with one attached hydrogen (secondary N) is 2. The lowest BCUT2D eigenvalue weighted by atomic mass is 10.1. The van der Waals surface area contributed by atoms with E-state index in [0.717, 1.165) is 5.56 Å². The maximum atomic E-state index is 12.6. The molecule has 27 heavy (non-hydrogen) atoms. The van der Waals surface area contributed by atoms with Crippen LogP contribution in [0, 0.1) is 0 Å². The molecule has 8 nitrogen and oxygen atoms in total. The Morgan fingerprint density at radius 1 is 1.15 bits per heavy atom. The van der Waals surface area contributed by atoms with E-state index < -0.39 is 0 Å². The summed E-state index contributed by atoms with van der Waals surface area (Å²) in [5.74, 6) is 0.425. The molecule has 0 radical (unpaired) electrons. The van der Waals surface area contributed by atoms with Gasteiger partial charge in [-0.2, -0.15) is 0 Å². The van der Waals surface area contributed by atoms with E-state index in [0.29, 0.717) is 37.6 Å². The Morgan fingerprint density at radius 2 is 1.81 bits per heavy atom. The van der Waals surface area contributed by atoms with Crippen molar-refractivity contribution in [1.29, 1.82) is 0 Å². The second-order valence-electron chi connectivity index (χ2n) is 7.89. The Hall–Kier alpha value is -2.77. The van der Waals surface area contributed by atoms with Gasteiger partial charge in [-0.25, -0.2) is 4.79 Å². The third-order valence-electron chi connectivity index (χ3n) is 4.43. The number of urea groups is 1. The van der Waals surface area contributed by atoms with E-state index in [-0.39, 0.29) is 36.4 Å². The molecule has 2 heterocycles. The average molecular weight is 374 g/mol. The molecule has 1 fully saturated rings. The van der Waals surface area contributed by atoms with Gasteiger partial charge in [-0.3, -0.25) is 9.59 Å². The first-order valence-electron chi connectivity index (χ1n) is 9.12. The quantitative estimate of drug-likeness (QED) is 0.814. The maximum absolute atomic E-state index is 12.6. The summed E-state index contributed by atoms with van der Waals surface area (Å²) in [6.07, 6.45) is 0.247. The highest BCUT2D eigenvalue weighted by molar-refractivity contribution is 5.95. The molecule has 2 N–H and O–H groups in total. The second kappa shape index (κ2) is 7.46. The molecule has 2 aliphatic rings. The summed E-state index contributed by atoms with van der Waals surface area (Å²) in [4.78, 5) is 39.7. The molecule has 0 saturated carbocycles. The van der Waals surface area contributed by atoms with Crippen LogP contribution in [-0.2, 0) is 16.0 Å². The molecule has 0 spiro atoms. The third-order valence-corrected chi connectivity index (χ3v) is 4.43. The Labute approximate surface area is 158 Å². The van der Waals surface area contributed by atoms with Crippen molar-refractivity contribution in [3.63, 3.8) is 0 Å². The van der Waals surface area contributed by atoms with Crippen molar-refractivity contribution in [3.8, 4) is 5.75 Å². The number of fused-ring (bicyclic) bond motifs is 1. The van der Waals surface area contributed by atoms with Crippen LogP contribution in [0.4, 0.5) is 10.5 Å². The van der Waals surface area contributed by atoms with Crippen LogP contribution in [0.15, 0.2) is 18.2 Å². The molecule has 0 unspecified atom stereocenters. The van der Waals surface area contributed by atoms with Crippen molar-refractivity contribution in [2.75, 3.05) is 38.1 Å². The van der Waals surface area contributed by atoms with Gasteiger partial charge in [-0.15, -0.1) is 0 Å². The van der Waals surface area contributed by atoms with Crippen LogP contribution < -0.4 is 15.4 Å². The van der Waals surface area contributed by atoms with Crippen LogP contribution in [-0.4, -0.2) is 66.0 Å². The number of benzene rings is 1. The number of piperazine rings is 1. The molecule has 1 aromatic rings. The number of amides is 4. The van der Waals surface area contributed by atoms with Crippen molar-refractivity contribution in [2.24, 2.45) is 0 Å². The van der Waals surface area contributed by atoms with Gasteiger partial charge in [0.05, 0.1) is 12.1 Å². The molecule has 0 atom stereocenters. The molecule has 0 bridgehead atoms. The lowest BCUT2D eigenvalue weighted by molar-refractivity contribution is -0.131. The minimum absolute atomic E-state index is 0.00823. The predicted molar refractivity (Wildman–Crippen MR) is 101 cm³/mol. The summed E-state index contributed by atoms with van der Waals surface area (Å²) in [5, 5.41) is 5.69. The minimum Gasteiger partial charge on any atom is -0.482 e. The Bertz CT molecular complexity index is 749. The van der Waals surface area contributed by atoms with Gasteiger partial charge in [0.15, 0.2) is 6.61 Å². The summed E-state index contributed by atoms with van der Waals surface area (Å²) in [6.45, 7) is 7.90. The molecule has 3 rings (SSSR count). The highest BCUT2D eigenvalue weighted by Gasteiger charge is 2.26. The van der Waals surface area contributed by atoms with Gasteiger partial charge in [0.1, 0.15) is 5.75 Å². The first kappa shape index (κ1) is 19.0. The van der Waals surface area contributed by atoms with Gasteiger partial charge in [-0.1, -0.05) is 6.07 Å². The van der Waals surface area contributed by atoms with Crippen molar-refractivity contribution in [1.82, 2.24) is 15.1 Å². The van der Waals surface area contributed by atoms with Crippen LogP contribution >= 0.6 is 0 Å². The van der Waals surface area contributed by atoms with Crippen LogP contribution in [0.25, 0.3) is 0 Å². The molecule has 1 aromatic carbocycles. The van der Waals surface area contributed by atoms with Crippen LogP contribution in [0.3, 0.4) is 0 Å². The SMILES string of the molecule is CC(C)(C)NC(=O)N1CCN(C(=O)Cc2ccc3c(c2)NC(=O)CO3)CC1. The largest absolute Gasteiger partial charge is 0.482 e. The first-order chi connectivity index (χ1) is 12.7. The zero-order valence-corrected chi connectivity index (χ0v) is 16.0. The van der Waals surface area contributed by atoms with E-state index in [1.165, 1.54) is 0 Å². The molecule has 4 amide bonds. The van der Waals surface area contributed by atoms with Crippen molar-refractivity contribution < 1.29 is 19.1 Å². The number of carbonyl (C=O) groups excluding carboxylic acids is 3. The van der Waals surface area contributed by atoms with Gasteiger partial charge in [0, 0.05) is 31.7 Å². The maximum Gasteiger partial charge on any atom is 0.317 e. The normalized spacial score (nSPS) is 16.9. The van der Waals surface area contributed by atoms with E-state index in [4.69, 9.17) is 4.74 Å². The molecule has 146 valence electrons. The molecule has 0 aromatic heterocycles. The Balaban J connectivity index is 1.53. The Kier molecular flexibility index (Phi) is 5.25. The number of anilines is 1. The fourth-order valence-corrected chi connectivity index (χ4v) is 3.09. The van der Waals surface area contributed by atoms with Gasteiger partial charge in [0.2, 0.25) is 5.91 Å². The topological polar surface area (TPSA) is 91.0 Å². The molecule has 1 saturated heterocycles. The van der Waals surface area contributed by atoms with E-state index >= 15 is 0 Å². The standard InChI is InChI=1S/C19H26N4O4/c1-19(2,3)21-18(26)23-8-6-22(7-9-23)17(25)11-13-4-5-15-14(10-13)20-16(24)12-27-15/h4-5,10H,6-9,11-12H2,1-3H3,(H,20,24)(H,21,26). The fraction of sp³-hybridized carbons (Fsp3) is 0.526. The first-order valence-corrected chi connectivity index (χ1v) is 9.12. The molecular formula is C19H26N4O4. The van der Waals surface area contributed by atoms with Crippen LogP contribution in [0.2, 0.25) is 0 Å². The number of hydrogen-bond acceptors (Lipinski definition) is 4. The van der Waals surface area contributed by atoms with Crippen LogP contribution in [0.1, 0.15) is 26.3 Å². The highest BCUT2D eigenvalue weighted by Crippen LogP contribution is 2.28. The van der Waals surface area contributed by atoms with E-state index in [2.05, 4.69) is 10.6 Å². The van der Waals surface area contributed by atoms with Crippen molar-refractivity contribution in [2.45, 2.75) is 32.7 Å². The zero-order valence-electron chi connectivity index (χ0n) is 16.0. The predicted octanol–water partition coefficient (Wildman–Crippen LogP) is 1.21. The lowest BCUT2D eigenvalue weighted by Crippen LogP contribution is -2.56. The molecule has 8 heteroatoms. The molecule has 0 aliphatic carbocycles. The summed E-state index contributed by atoms with van der Waals surface area (Å²) in [5.41, 5.74) is 1.13. The number of rotatable bonds is 2. The summed E-state index contributed by atoms with van der Waals surface area (Å²) in [6, 6.07) is 5.28. The van der Waals surface area contributed by atoms with E-state index in [9.17, 15) is 14.4 Å². The van der Waals surface area contributed by atoms with Crippen molar-refractivity contribution in [3.05, 3.63) is 23.8 Å². The summed E-state index contributed by atoms with van der Waals surface area (Å²) < 4.78 is 5.33. The Morgan fingerprint density at radius 3 is 2.48 bits per heavy atom. The van der Waals surface area contributed by atoms with Gasteiger partial charge >= 0.3 is 6.03 Å². The second-order valence-corrected chi connectivity index (χ2v) is 7.89. The molecular weight excluding hydrogens is 348 g/mol. The highest BCUT2D eigenvalue weighted by atomic mass is 16.5. The van der Waals surface area contributed by atoms with Gasteiger partial charge < -0.3 is 25.2 Å². The van der Waals surface area contributed by atoms with Crippen molar-refractivity contribution >= 4 is 23.5 Å². The van der Waals surface area contributed by atoms with Crippen LogP contribution in [0.5, 0.6) is 5.75 Å². The van der Waals surface area contributed by atoms with E-state index in [1.54, 1.807) is 21.9 Å².